The maximum atomic E-state index is 14.0. The van der Waals surface area contributed by atoms with E-state index in [1.54, 1.807) is 0 Å². The minimum atomic E-state index is -1.41. The predicted molar refractivity (Wildman–Crippen MR) is 100.0 cm³/mol. The van der Waals surface area contributed by atoms with Gasteiger partial charge in [-0.25, -0.2) is 13.8 Å². The molecule has 2 aromatic rings. The summed E-state index contributed by atoms with van der Waals surface area (Å²) in [6.07, 6.45) is 0.477. The van der Waals surface area contributed by atoms with Crippen LogP contribution in [-0.4, -0.2) is 39.2 Å². The van der Waals surface area contributed by atoms with E-state index in [1.165, 1.54) is 6.08 Å². The molecule has 4 rings (SSSR count). The number of hydrogen-bond acceptors (Lipinski definition) is 4. The van der Waals surface area contributed by atoms with Crippen molar-refractivity contribution < 1.29 is 18.4 Å². The molecule has 2 amide bonds. The van der Waals surface area contributed by atoms with Crippen molar-refractivity contribution in [2.45, 2.75) is 37.9 Å². The molecule has 1 aromatic heterocycles. The summed E-state index contributed by atoms with van der Waals surface area (Å²) in [5, 5.41) is 11.7. The first-order valence-corrected chi connectivity index (χ1v) is 9.30. The van der Waals surface area contributed by atoms with E-state index in [0.29, 0.717) is 17.8 Å². The van der Waals surface area contributed by atoms with E-state index in [9.17, 15) is 18.4 Å². The van der Waals surface area contributed by atoms with Gasteiger partial charge in [0.15, 0.2) is 0 Å². The number of fused-ring (bicyclic) bond motifs is 1. The van der Waals surface area contributed by atoms with Crippen LogP contribution in [0, 0.1) is 0 Å². The molecular weight excluding hydrogens is 380 g/mol. The van der Waals surface area contributed by atoms with Gasteiger partial charge in [0.25, 0.3) is 5.91 Å². The van der Waals surface area contributed by atoms with Crippen LogP contribution in [0.3, 0.4) is 0 Å². The zero-order valence-corrected chi connectivity index (χ0v) is 15.4. The second kappa shape index (κ2) is 7.94. The number of H-pyrrole nitrogens is 1. The molecule has 3 N–H and O–H groups in total. The maximum Gasteiger partial charge on any atom is 0.291 e. The molecule has 1 aliphatic carbocycles. The topological polar surface area (TPSA) is 99.8 Å². The number of aromatic nitrogens is 3. The number of carbonyl (C=O) groups is 2. The lowest BCUT2D eigenvalue weighted by Crippen LogP contribution is -2.45. The van der Waals surface area contributed by atoms with Crippen LogP contribution in [0.5, 0.6) is 0 Å². The first-order chi connectivity index (χ1) is 14.0. The Morgan fingerprint density at radius 2 is 2.07 bits per heavy atom. The Balaban J connectivity index is 1.43. The summed E-state index contributed by atoms with van der Waals surface area (Å²) in [6.45, 7) is 0. The van der Waals surface area contributed by atoms with Gasteiger partial charge in [0.2, 0.25) is 11.7 Å². The van der Waals surface area contributed by atoms with Crippen LogP contribution in [0.15, 0.2) is 53.5 Å². The van der Waals surface area contributed by atoms with Crippen LogP contribution in [0.1, 0.15) is 41.3 Å². The first kappa shape index (κ1) is 19.0. The molecular formula is C20H19F2N5O2. The summed E-state index contributed by atoms with van der Waals surface area (Å²) in [6, 6.07) is 8.68. The molecule has 0 radical (unpaired) electrons. The molecule has 2 heterocycles. The Morgan fingerprint density at radius 3 is 2.86 bits per heavy atom. The zero-order valence-electron chi connectivity index (χ0n) is 15.4. The molecule has 150 valence electrons. The molecule has 2 aliphatic rings. The average Bonchev–Trinajstić information content (AvgIpc) is 3.10. The van der Waals surface area contributed by atoms with E-state index in [-0.39, 0.29) is 24.4 Å². The van der Waals surface area contributed by atoms with Crippen molar-refractivity contribution in [3.8, 4) is 0 Å². The minimum absolute atomic E-state index is 0.0173. The number of nitrogens with zero attached hydrogens (tertiary/aromatic N) is 2. The number of hydrogen-bond donors (Lipinski definition) is 3. The molecule has 1 aromatic carbocycles. The molecule has 0 bridgehead atoms. The lowest BCUT2D eigenvalue weighted by Gasteiger charge is -2.17. The van der Waals surface area contributed by atoms with E-state index >= 15 is 0 Å². The van der Waals surface area contributed by atoms with E-state index in [4.69, 9.17) is 0 Å². The first-order valence-electron chi connectivity index (χ1n) is 9.30. The van der Waals surface area contributed by atoms with Crippen molar-refractivity contribution in [2.75, 3.05) is 0 Å². The molecule has 1 saturated heterocycles. The summed E-state index contributed by atoms with van der Waals surface area (Å²) < 4.78 is 27.6. The van der Waals surface area contributed by atoms with Gasteiger partial charge < -0.3 is 10.6 Å². The van der Waals surface area contributed by atoms with Crippen LogP contribution in [0.2, 0.25) is 0 Å². The SMILES string of the molecule is O=C(N[C@H]1CCC2=CC(F)CC(F)=C2NC1=O)c1n[nH]c(Cc2ccccc2)n1. The van der Waals surface area contributed by atoms with Crippen molar-refractivity contribution in [2.24, 2.45) is 0 Å². The quantitative estimate of drug-likeness (QED) is 0.734. The third-order valence-electron chi connectivity index (χ3n) is 4.87. The fourth-order valence-corrected chi connectivity index (χ4v) is 3.43. The number of aromatic amines is 1. The molecule has 0 spiro atoms. The van der Waals surface area contributed by atoms with Crippen molar-refractivity contribution in [1.29, 1.82) is 0 Å². The normalized spacial score (nSPS) is 21.7. The number of amides is 2. The number of rotatable bonds is 4. The number of carbonyl (C=O) groups excluding carboxylic acids is 2. The van der Waals surface area contributed by atoms with Gasteiger partial charge in [0, 0.05) is 12.8 Å². The smallest absolute Gasteiger partial charge is 0.291 e. The average molecular weight is 399 g/mol. The molecule has 9 heteroatoms. The second-order valence-corrected chi connectivity index (χ2v) is 7.01. The molecule has 7 nitrogen and oxygen atoms in total. The van der Waals surface area contributed by atoms with E-state index in [1.807, 2.05) is 30.3 Å². The highest BCUT2D eigenvalue weighted by atomic mass is 19.1. The van der Waals surface area contributed by atoms with Crippen LogP contribution in [-0.2, 0) is 11.2 Å². The zero-order chi connectivity index (χ0) is 20.4. The van der Waals surface area contributed by atoms with Gasteiger partial charge in [-0.05, 0) is 30.1 Å². The lowest BCUT2D eigenvalue weighted by molar-refractivity contribution is -0.122. The molecule has 2 atom stereocenters. The van der Waals surface area contributed by atoms with E-state index in [2.05, 4.69) is 25.8 Å². The van der Waals surface area contributed by atoms with Crippen LogP contribution in [0.25, 0.3) is 0 Å². The molecule has 1 fully saturated rings. The summed E-state index contributed by atoms with van der Waals surface area (Å²) in [5.74, 6) is -1.42. The Labute approximate surface area is 165 Å². The Morgan fingerprint density at radius 1 is 1.28 bits per heavy atom. The fourth-order valence-electron chi connectivity index (χ4n) is 3.43. The van der Waals surface area contributed by atoms with Gasteiger partial charge in [0.05, 0.1) is 5.70 Å². The lowest BCUT2D eigenvalue weighted by atomic mass is 9.97. The van der Waals surface area contributed by atoms with Gasteiger partial charge in [-0.2, -0.15) is 0 Å². The summed E-state index contributed by atoms with van der Waals surface area (Å²) >= 11 is 0. The van der Waals surface area contributed by atoms with Gasteiger partial charge in [-0.1, -0.05) is 30.3 Å². The van der Waals surface area contributed by atoms with Crippen molar-refractivity contribution in [1.82, 2.24) is 25.8 Å². The summed E-state index contributed by atoms with van der Waals surface area (Å²) in [4.78, 5) is 29.1. The van der Waals surface area contributed by atoms with Crippen LogP contribution >= 0.6 is 0 Å². The predicted octanol–water partition coefficient (Wildman–Crippen LogP) is 2.25. The number of alkyl halides is 1. The highest BCUT2D eigenvalue weighted by Gasteiger charge is 2.32. The maximum absolute atomic E-state index is 14.0. The Kier molecular flexibility index (Phi) is 5.20. The summed E-state index contributed by atoms with van der Waals surface area (Å²) in [5.41, 5.74) is 1.44. The minimum Gasteiger partial charge on any atom is -0.337 e. The number of benzene rings is 1. The molecule has 29 heavy (non-hydrogen) atoms. The number of halogens is 2. The molecule has 1 unspecified atom stereocenters. The van der Waals surface area contributed by atoms with Gasteiger partial charge in [-0.15, -0.1) is 5.10 Å². The third-order valence-corrected chi connectivity index (χ3v) is 4.87. The summed E-state index contributed by atoms with van der Waals surface area (Å²) in [7, 11) is 0. The highest BCUT2D eigenvalue weighted by Crippen LogP contribution is 2.31. The number of allylic oxidation sites excluding steroid dienone is 3. The number of nitrogens with one attached hydrogen (secondary N) is 3. The van der Waals surface area contributed by atoms with Gasteiger partial charge in [0.1, 0.15) is 23.9 Å². The van der Waals surface area contributed by atoms with Crippen LogP contribution < -0.4 is 10.6 Å². The van der Waals surface area contributed by atoms with Gasteiger partial charge >= 0.3 is 0 Å². The second-order valence-electron chi connectivity index (χ2n) is 7.01. The van der Waals surface area contributed by atoms with Crippen molar-refractivity contribution in [3.05, 3.63) is 70.7 Å². The van der Waals surface area contributed by atoms with Crippen molar-refractivity contribution in [3.63, 3.8) is 0 Å². The Bertz CT molecular complexity index is 999. The highest BCUT2D eigenvalue weighted by molar-refractivity contribution is 5.95. The van der Waals surface area contributed by atoms with Crippen LogP contribution in [0.4, 0.5) is 8.78 Å². The molecule has 1 aliphatic heterocycles. The van der Waals surface area contributed by atoms with E-state index < -0.39 is 36.3 Å². The van der Waals surface area contributed by atoms with E-state index in [0.717, 1.165) is 5.56 Å². The standard InChI is InChI=1S/C20H19F2N5O2/c21-13-9-12-6-7-15(19(28)25-17(12)14(22)10-13)23-20(29)18-24-16(26-27-18)8-11-4-2-1-3-5-11/h1-5,9,13,15H,6-8,10H2,(H,23,29)(H,25,28)(H,24,26,27)/t13?,15-/m0/s1. The van der Waals surface area contributed by atoms with Crippen molar-refractivity contribution >= 4 is 11.8 Å². The van der Waals surface area contributed by atoms with Gasteiger partial charge in [-0.3, -0.25) is 14.7 Å². The largest absolute Gasteiger partial charge is 0.337 e. The monoisotopic (exact) mass is 399 g/mol. The fraction of sp³-hybridized carbons (Fsp3) is 0.300. The third kappa shape index (κ3) is 4.23. The molecule has 0 saturated carbocycles. The Hall–Kier alpha value is -3.36.